The van der Waals surface area contributed by atoms with Gasteiger partial charge in [0.05, 0.1) is 5.69 Å². The Hall–Kier alpha value is -1.56. The highest BCUT2D eigenvalue weighted by Gasteiger charge is 2.44. The summed E-state index contributed by atoms with van der Waals surface area (Å²) in [4.78, 5) is 28.1. The van der Waals surface area contributed by atoms with Gasteiger partial charge in [-0.15, -0.1) is 0 Å². The molecule has 0 amide bonds. The van der Waals surface area contributed by atoms with Gasteiger partial charge in [0.1, 0.15) is 6.04 Å². The highest BCUT2D eigenvalue weighted by atomic mass is 35.5. The number of nitrogens with one attached hydrogen (secondary N) is 1. The molecule has 21 heavy (non-hydrogen) atoms. The molecule has 2 heterocycles. The van der Waals surface area contributed by atoms with E-state index in [1.54, 1.807) is 0 Å². The van der Waals surface area contributed by atoms with Crippen LogP contribution in [0.4, 0.5) is 5.82 Å². The van der Waals surface area contributed by atoms with Gasteiger partial charge in [-0.2, -0.15) is 0 Å². The maximum absolute atomic E-state index is 12.5. The Morgan fingerprint density at radius 1 is 1.57 bits per heavy atom. The Morgan fingerprint density at radius 2 is 2.19 bits per heavy atom. The average molecular weight is 314 g/mol. The first-order valence-corrected chi connectivity index (χ1v) is 7.32. The molecule has 0 radical (unpaired) electrons. The van der Waals surface area contributed by atoms with Gasteiger partial charge in [0.2, 0.25) is 0 Å². The molecular formula is C14H20ClN3O3. The van der Waals surface area contributed by atoms with Gasteiger partial charge in [0.15, 0.2) is 11.0 Å². The van der Waals surface area contributed by atoms with Crippen LogP contribution in [0.2, 0.25) is 5.15 Å². The average Bonchev–Trinajstić information content (AvgIpc) is 2.64. The summed E-state index contributed by atoms with van der Waals surface area (Å²) in [5.41, 5.74) is -0.423. The molecule has 2 rings (SSSR count). The molecule has 0 spiro atoms. The SMILES string of the molecule is CC(C)CNc1nc(Cl)c2n(c1=O)[C@H](C(=O)O)CC2(C)C. The predicted molar refractivity (Wildman–Crippen MR) is 81.2 cm³/mol. The highest BCUT2D eigenvalue weighted by molar-refractivity contribution is 6.30. The molecule has 0 bridgehead atoms. The topological polar surface area (TPSA) is 84.2 Å². The minimum absolute atomic E-state index is 0.112. The third-order valence-electron chi connectivity index (χ3n) is 3.69. The summed E-state index contributed by atoms with van der Waals surface area (Å²) in [6.07, 6.45) is 0.326. The van der Waals surface area contributed by atoms with E-state index < -0.39 is 23.0 Å². The fourth-order valence-corrected chi connectivity index (χ4v) is 3.13. The zero-order valence-corrected chi connectivity index (χ0v) is 13.4. The van der Waals surface area contributed by atoms with Crippen LogP contribution in [0.1, 0.15) is 45.9 Å². The molecular weight excluding hydrogens is 294 g/mol. The highest BCUT2D eigenvalue weighted by Crippen LogP contribution is 2.42. The second-order valence-electron chi connectivity index (χ2n) is 6.49. The number of fused-ring (bicyclic) bond motifs is 1. The Balaban J connectivity index is 2.59. The number of hydrogen-bond donors (Lipinski definition) is 2. The van der Waals surface area contributed by atoms with Crippen LogP contribution in [-0.2, 0) is 10.2 Å². The molecule has 1 aliphatic heterocycles. The van der Waals surface area contributed by atoms with Crippen molar-refractivity contribution >= 4 is 23.4 Å². The second kappa shape index (κ2) is 5.33. The quantitative estimate of drug-likeness (QED) is 0.890. The summed E-state index contributed by atoms with van der Waals surface area (Å²) in [7, 11) is 0. The van der Waals surface area contributed by atoms with Crippen LogP contribution in [0.25, 0.3) is 0 Å². The molecule has 2 N–H and O–H groups in total. The summed E-state index contributed by atoms with van der Waals surface area (Å²) in [6, 6.07) is -0.900. The van der Waals surface area contributed by atoms with Crippen molar-refractivity contribution in [3.05, 3.63) is 21.2 Å². The normalized spacial score (nSPS) is 19.6. The minimum atomic E-state index is -1.03. The lowest BCUT2D eigenvalue weighted by Gasteiger charge is -2.19. The lowest BCUT2D eigenvalue weighted by atomic mass is 9.87. The van der Waals surface area contributed by atoms with Gasteiger partial charge in [-0.1, -0.05) is 39.3 Å². The fraction of sp³-hybridized carbons (Fsp3) is 0.643. The van der Waals surface area contributed by atoms with E-state index in [2.05, 4.69) is 10.3 Å². The van der Waals surface area contributed by atoms with Crippen molar-refractivity contribution in [3.8, 4) is 0 Å². The molecule has 0 unspecified atom stereocenters. The fourth-order valence-electron chi connectivity index (χ4n) is 2.70. The largest absolute Gasteiger partial charge is 0.480 e. The van der Waals surface area contributed by atoms with E-state index in [0.717, 1.165) is 0 Å². The molecule has 116 valence electrons. The summed E-state index contributed by atoms with van der Waals surface area (Å²) >= 11 is 6.21. The number of carbonyl (C=O) groups is 1. The van der Waals surface area contributed by atoms with Crippen LogP contribution in [-0.4, -0.2) is 27.2 Å². The van der Waals surface area contributed by atoms with Crippen molar-refractivity contribution < 1.29 is 9.90 Å². The van der Waals surface area contributed by atoms with E-state index in [1.165, 1.54) is 4.57 Å². The summed E-state index contributed by atoms with van der Waals surface area (Å²) in [5.74, 6) is -0.586. The van der Waals surface area contributed by atoms with Gasteiger partial charge in [0, 0.05) is 12.0 Å². The lowest BCUT2D eigenvalue weighted by Crippen LogP contribution is -2.31. The van der Waals surface area contributed by atoms with Crippen LogP contribution >= 0.6 is 11.6 Å². The molecule has 1 aromatic rings. The van der Waals surface area contributed by atoms with Crippen molar-refractivity contribution in [2.75, 3.05) is 11.9 Å². The van der Waals surface area contributed by atoms with Crippen molar-refractivity contribution in [1.82, 2.24) is 9.55 Å². The van der Waals surface area contributed by atoms with E-state index in [0.29, 0.717) is 24.6 Å². The number of hydrogen-bond acceptors (Lipinski definition) is 4. The van der Waals surface area contributed by atoms with E-state index in [9.17, 15) is 14.7 Å². The number of carboxylic acid groups (broad SMARTS) is 1. The molecule has 0 saturated heterocycles. The molecule has 0 aliphatic carbocycles. The first-order valence-electron chi connectivity index (χ1n) is 6.94. The minimum Gasteiger partial charge on any atom is -0.480 e. The number of carboxylic acids is 1. The van der Waals surface area contributed by atoms with Gasteiger partial charge < -0.3 is 10.4 Å². The Kier molecular flexibility index (Phi) is 4.02. The predicted octanol–water partition coefficient (Wildman–Crippen LogP) is 2.27. The molecule has 6 nitrogen and oxygen atoms in total. The first-order chi connectivity index (χ1) is 9.65. The number of nitrogens with zero attached hydrogens (tertiary/aromatic N) is 2. The zero-order chi connectivity index (χ0) is 15.9. The van der Waals surface area contributed by atoms with Gasteiger partial charge in [-0.3, -0.25) is 9.36 Å². The molecule has 1 atom stereocenters. The number of aromatic nitrogens is 2. The molecule has 0 fully saturated rings. The standard InChI is InChI=1S/C14H20ClN3O3/c1-7(2)6-16-11-12(19)18-8(13(20)21)5-14(3,4)9(18)10(15)17-11/h7-8H,5-6H2,1-4H3,(H,16,17)(H,20,21)/t8-/m0/s1. The molecule has 1 aromatic heterocycles. The van der Waals surface area contributed by atoms with Gasteiger partial charge >= 0.3 is 5.97 Å². The maximum Gasteiger partial charge on any atom is 0.326 e. The Morgan fingerprint density at radius 3 is 2.71 bits per heavy atom. The summed E-state index contributed by atoms with van der Waals surface area (Å²) in [6.45, 7) is 8.32. The smallest absolute Gasteiger partial charge is 0.326 e. The van der Waals surface area contributed by atoms with Crippen LogP contribution < -0.4 is 10.9 Å². The van der Waals surface area contributed by atoms with E-state index in [-0.39, 0.29) is 11.0 Å². The van der Waals surface area contributed by atoms with Gasteiger partial charge in [0.25, 0.3) is 5.56 Å². The number of rotatable bonds is 4. The summed E-state index contributed by atoms with van der Waals surface area (Å²) in [5, 5.41) is 12.5. The number of anilines is 1. The number of halogens is 1. The van der Waals surface area contributed by atoms with Gasteiger partial charge in [-0.25, -0.2) is 9.78 Å². The van der Waals surface area contributed by atoms with Crippen molar-refractivity contribution in [1.29, 1.82) is 0 Å². The van der Waals surface area contributed by atoms with E-state index in [4.69, 9.17) is 11.6 Å². The van der Waals surface area contributed by atoms with Crippen molar-refractivity contribution in [2.24, 2.45) is 5.92 Å². The first kappa shape index (κ1) is 15.8. The van der Waals surface area contributed by atoms with Crippen molar-refractivity contribution in [2.45, 2.75) is 45.6 Å². The van der Waals surface area contributed by atoms with Crippen LogP contribution in [0.5, 0.6) is 0 Å². The van der Waals surface area contributed by atoms with Crippen LogP contribution in [0.3, 0.4) is 0 Å². The zero-order valence-electron chi connectivity index (χ0n) is 12.6. The van der Waals surface area contributed by atoms with Gasteiger partial charge in [-0.05, 0) is 12.3 Å². The third kappa shape index (κ3) is 2.77. The maximum atomic E-state index is 12.5. The third-order valence-corrected chi connectivity index (χ3v) is 3.95. The molecule has 0 saturated carbocycles. The monoisotopic (exact) mass is 313 g/mol. The second-order valence-corrected chi connectivity index (χ2v) is 6.85. The summed E-state index contributed by atoms with van der Waals surface area (Å²) < 4.78 is 1.28. The van der Waals surface area contributed by atoms with E-state index in [1.807, 2.05) is 27.7 Å². The molecule has 0 aromatic carbocycles. The molecule has 1 aliphatic rings. The van der Waals surface area contributed by atoms with Crippen LogP contribution in [0.15, 0.2) is 4.79 Å². The Bertz CT molecular complexity index is 637. The van der Waals surface area contributed by atoms with Crippen molar-refractivity contribution in [3.63, 3.8) is 0 Å². The Labute approximate surface area is 128 Å². The number of aliphatic carboxylic acids is 1. The van der Waals surface area contributed by atoms with Crippen LogP contribution in [0, 0.1) is 5.92 Å². The lowest BCUT2D eigenvalue weighted by molar-refractivity contribution is -0.140. The van der Waals surface area contributed by atoms with E-state index >= 15 is 0 Å². The molecule has 7 heteroatoms.